The number of rotatable bonds is 11. The van der Waals surface area contributed by atoms with Crippen molar-refractivity contribution in [3.63, 3.8) is 0 Å². The molecule has 150 valence electrons. The zero-order valence-corrected chi connectivity index (χ0v) is 16.2. The van der Waals surface area contributed by atoms with Gasteiger partial charge in [-0.25, -0.2) is 14.6 Å². The summed E-state index contributed by atoms with van der Waals surface area (Å²) in [5.41, 5.74) is 0.835. The Hall–Kier alpha value is -2.04. The standard InChI is InChI=1S/C17H29N7O3/c1-23(7-3-4-8-24-9-12-26-13-10-24)17-16(18-6-5-11-25-2)19-14-15(20-17)22-27-21-14/h3-13H2,1-2H3,(H,18,19,21). The van der Waals surface area contributed by atoms with Crippen LogP contribution < -0.4 is 10.2 Å². The number of aromatic nitrogens is 4. The van der Waals surface area contributed by atoms with E-state index < -0.39 is 0 Å². The minimum atomic E-state index is 0.411. The number of anilines is 2. The monoisotopic (exact) mass is 379 g/mol. The van der Waals surface area contributed by atoms with Crippen LogP contribution in [0.4, 0.5) is 11.6 Å². The number of fused-ring (bicyclic) bond motifs is 1. The van der Waals surface area contributed by atoms with Crippen LogP contribution in [0.1, 0.15) is 19.3 Å². The minimum absolute atomic E-state index is 0.411. The summed E-state index contributed by atoms with van der Waals surface area (Å²) < 4.78 is 15.2. The molecule has 3 heterocycles. The first-order valence-electron chi connectivity index (χ1n) is 9.52. The third kappa shape index (κ3) is 5.72. The lowest BCUT2D eigenvalue weighted by Crippen LogP contribution is -2.37. The molecule has 0 aliphatic carbocycles. The second kappa shape index (κ2) is 10.3. The van der Waals surface area contributed by atoms with Crippen molar-refractivity contribution >= 4 is 22.9 Å². The average molecular weight is 379 g/mol. The van der Waals surface area contributed by atoms with Crippen molar-refractivity contribution in [3.05, 3.63) is 0 Å². The van der Waals surface area contributed by atoms with E-state index in [2.05, 4.69) is 35.4 Å². The van der Waals surface area contributed by atoms with Crippen molar-refractivity contribution in [3.8, 4) is 0 Å². The fraction of sp³-hybridized carbons (Fsp3) is 0.765. The molecule has 27 heavy (non-hydrogen) atoms. The van der Waals surface area contributed by atoms with Gasteiger partial charge in [0, 0.05) is 46.9 Å². The topological polar surface area (TPSA) is 102 Å². The Bertz CT molecular complexity index is 690. The molecule has 10 heteroatoms. The van der Waals surface area contributed by atoms with Crippen LogP contribution in [0.25, 0.3) is 11.3 Å². The Kier molecular flexibility index (Phi) is 7.55. The maximum Gasteiger partial charge on any atom is 0.245 e. The van der Waals surface area contributed by atoms with Gasteiger partial charge in [0.25, 0.3) is 0 Å². The largest absolute Gasteiger partial charge is 0.385 e. The molecule has 1 fully saturated rings. The summed E-state index contributed by atoms with van der Waals surface area (Å²) in [6.07, 6.45) is 3.10. The molecule has 0 spiro atoms. The summed E-state index contributed by atoms with van der Waals surface area (Å²) in [6, 6.07) is 0. The highest BCUT2D eigenvalue weighted by Crippen LogP contribution is 2.23. The van der Waals surface area contributed by atoms with Gasteiger partial charge in [-0.2, -0.15) is 0 Å². The molecule has 1 aliphatic heterocycles. The zero-order chi connectivity index (χ0) is 18.9. The second-order valence-electron chi connectivity index (χ2n) is 6.66. The van der Waals surface area contributed by atoms with Crippen molar-refractivity contribution in [2.45, 2.75) is 19.3 Å². The van der Waals surface area contributed by atoms with E-state index in [9.17, 15) is 0 Å². The third-order valence-corrected chi connectivity index (χ3v) is 4.60. The highest BCUT2D eigenvalue weighted by Gasteiger charge is 2.16. The highest BCUT2D eigenvalue weighted by atomic mass is 16.6. The third-order valence-electron chi connectivity index (χ3n) is 4.60. The van der Waals surface area contributed by atoms with Crippen LogP contribution in [0.15, 0.2) is 4.63 Å². The summed E-state index contributed by atoms with van der Waals surface area (Å²) in [5.74, 6) is 1.46. The minimum Gasteiger partial charge on any atom is -0.385 e. The molecule has 3 rings (SSSR count). The lowest BCUT2D eigenvalue weighted by atomic mass is 10.2. The van der Waals surface area contributed by atoms with Crippen LogP contribution in [0.3, 0.4) is 0 Å². The molecule has 0 saturated carbocycles. The lowest BCUT2D eigenvalue weighted by Gasteiger charge is -2.27. The molecule has 0 bridgehead atoms. The molecule has 0 radical (unpaired) electrons. The molecule has 1 saturated heterocycles. The first kappa shape index (κ1) is 19.7. The van der Waals surface area contributed by atoms with Crippen molar-refractivity contribution in [1.29, 1.82) is 0 Å². The van der Waals surface area contributed by atoms with E-state index in [1.807, 2.05) is 7.05 Å². The van der Waals surface area contributed by atoms with E-state index in [0.717, 1.165) is 71.0 Å². The molecule has 10 nitrogen and oxygen atoms in total. The van der Waals surface area contributed by atoms with Crippen LogP contribution in [-0.2, 0) is 9.47 Å². The Morgan fingerprint density at radius 1 is 1.11 bits per heavy atom. The van der Waals surface area contributed by atoms with Crippen LogP contribution in [0, 0.1) is 0 Å². The molecule has 1 N–H and O–H groups in total. The van der Waals surface area contributed by atoms with Crippen molar-refractivity contribution in [1.82, 2.24) is 25.2 Å². The second-order valence-corrected chi connectivity index (χ2v) is 6.66. The van der Waals surface area contributed by atoms with Crippen LogP contribution in [0.2, 0.25) is 0 Å². The van der Waals surface area contributed by atoms with Gasteiger partial charge in [-0.05, 0) is 36.1 Å². The quantitative estimate of drug-likeness (QED) is 0.569. The predicted molar refractivity (Wildman–Crippen MR) is 102 cm³/mol. The summed E-state index contributed by atoms with van der Waals surface area (Å²) >= 11 is 0. The van der Waals surface area contributed by atoms with Gasteiger partial charge in [-0.3, -0.25) is 4.90 Å². The van der Waals surface area contributed by atoms with Crippen LogP contribution in [0.5, 0.6) is 0 Å². The Morgan fingerprint density at radius 2 is 1.89 bits per heavy atom. The molecule has 1 aliphatic rings. The molecule has 0 amide bonds. The van der Waals surface area contributed by atoms with Crippen LogP contribution in [-0.4, -0.2) is 91.9 Å². The van der Waals surface area contributed by atoms with Gasteiger partial charge in [0.1, 0.15) is 0 Å². The first-order valence-corrected chi connectivity index (χ1v) is 9.52. The van der Waals surface area contributed by atoms with E-state index in [1.165, 1.54) is 0 Å². The molecular formula is C17H29N7O3. The summed E-state index contributed by atoms with van der Waals surface area (Å²) in [6.45, 7) is 7.20. The number of ether oxygens (including phenoxy) is 2. The van der Waals surface area contributed by atoms with Crippen molar-refractivity contribution < 1.29 is 14.1 Å². The maximum absolute atomic E-state index is 5.39. The average Bonchev–Trinajstić information content (AvgIpc) is 3.16. The Labute approximate surface area is 159 Å². The molecule has 2 aromatic heterocycles. The van der Waals surface area contributed by atoms with Crippen LogP contribution >= 0.6 is 0 Å². The molecule has 0 aromatic carbocycles. The maximum atomic E-state index is 5.39. The number of unbranched alkanes of at least 4 members (excludes halogenated alkanes) is 1. The summed E-state index contributed by atoms with van der Waals surface area (Å²) in [5, 5.41) is 10.9. The van der Waals surface area contributed by atoms with Gasteiger partial charge in [0.2, 0.25) is 11.3 Å². The van der Waals surface area contributed by atoms with E-state index >= 15 is 0 Å². The number of hydrogen-bond donors (Lipinski definition) is 1. The number of nitrogens with one attached hydrogen (secondary N) is 1. The molecule has 0 unspecified atom stereocenters. The Balaban J connectivity index is 1.55. The number of nitrogens with zero attached hydrogens (tertiary/aromatic N) is 6. The van der Waals surface area contributed by atoms with Crippen molar-refractivity contribution in [2.24, 2.45) is 0 Å². The van der Waals surface area contributed by atoms with E-state index in [4.69, 9.17) is 14.1 Å². The fourth-order valence-electron chi connectivity index (χ4n) is 3.05. The molecule has 0 atom stereocenters. The number of hydrogen-bond acceptors (Lipinski definition) is 10. The fourth-order valence-corrected chi connectivity index (χ4v) is 3.05. The van der Waals surface area contributed by atoms with Gasteiger partial charge in [-0.1, -0.05) is 0 Å². The number of morpholine rings is 1. The molecular weight excluding hydrogens is 350 g/mol. The smallest absolute Gasteiger partial charge is 0.245 e. The van der Waals surface area contributed by atoms with Gasteiger partial charge >= 0.3 is 0 Å². The van der Waals surface area contributed by atoms with Gasteiger partial charge in [-0.15, -0.1) is 0 Å². The highest BCUT2D eigenvalue weighted by molar-refractivity contribution is 5.73. The van der Waals surface area contributed by atoms with E-state index in [1.54, 1.807) is 7.11 Å². The normalized spacial score (nSPS) is 15.3. The molecule has 2 aromatic rings. The van der Waals surface area contributed by atoms with Gasteiger partial charge in [0.05, 0.1) is 13.2 Å². The first-order chi connectivity index (χ1) is 13.3. The van der Waals surface area contributed by atoms with E-state index in [0.29, 0.717) is 23.7 Å². The lowest BCUT2D eigenvalue weighted by molar-refractivity contribution is 0.0372. The summed E-state index contributed by atoms with van der Waals surface area (Å²) in [4.78, 5) is 13.7. The van der Waals surface area contributed by atoms with E-state index in [-0.39, 0.29) is 0 Å². The predicted octanol–water partition coefficient (Wildman–Crippen LogP) is 1.01. The van der Waals surface area contributed by atoms with Gasteiger partial charge in [0.15, 0.2) is 11.6 Å². The SMILES string of the molecule is COCCCNc1nc2nonc2nc1N(C)CCCCN1CCOCC1. The van der Waals surface area contributed by atoms with Crippen molar-refractivity contribution in [2.75, 3.05) is 76.9 Å². The summed E-state index contributed by atoms with van der Waals surface area (Å²) in [7, 11) is 3.72. The Morgan fingerprint density at radius 3 is 2.67 bits per heavy atom. The van der Waals surface area contributed by atoms with Gasteiger partial charge < -0.3 is 19.7 Å². The number of methoxy groups -OCH3 is 1. The zero-order valence-electron chi connectivity index (χ0n) is 16.2.